The van der Waals surface area contributed by atoms with Gasteiger partial charge in [0.25, 0.3) is 5.91 Å². The summed E-state index contributed by atoms with van der Waals surface area (Å²) in [5.41, 5.74) is 3.88. The number of fused-ring (bicyclic) bond motifs is 1. The Kier molecular flexibility index (Phi) is 4.81. The van der Waals surface area contributed by atoms with Crippen molar-refractivity contribution in [2.75, 3.05) is 6.26 Å². The van der Waals surface area contributed by atoms with Crippen molar-refractivity contribution in [1.82, 2.24) is 4.90 Å². The second-order valence-electron chi connectivity index (χ2n) is 7.82. The van der Waals surface area contributed by atoms with Gasteiger partial charge in [0.1, 0.15) is 0 Å². The van der Waals surface area contributed by atoms with Crippen molar-refractivity contribution in [1.29, 1.82) is 0 Å². The lowest BCUT2D eigenvalue weighted by atomic mass is 9.86. The molecule has 0 radical (unpaired) electrons. The molecule has 4 rings (SSSR count). The fraction of sp³-hybridized carbons (Fsp3) is 0.409. The number of aryl methyl sites for hydroxylation is 1. The zero-order chi connectivity index (χ0) is 19.0. The summed E-state index contributed by atoms with van der Waals surface area (Å²) >= 11 is 0. The fourth-order valence-corrected chi connectivity index (χ4v) is 4.96. The molecular weight excluding hydrogens is 358 g/mol. The molecule has 1 saturated carbocycles. The summed E-state index contributed by atoms with van der Waals surface area (Å²) in [5, 5.41) is 0. The number of carbonyl (C=O) groups excluding carboxylic acids is 1. The van der Waals surface area contributed by atoms with Gasteiger partial charge < -0.3 is 4.90 Å². The van der Waals surface area contributed by atoms with Crippen LogP contribution >= 0.6 is 0 Å². The molecule has 0 heterocycles. The molecule has 0 aliphatic heterocycles. The Hall–Kier alpha value is -2.14. The van der Waals surface area contributed by atoms with Gasteiger partial charge in [0, 0.05) is 17.9 Å². The number of hydrogen-bond donors (Lipinski definition) is 0. The van der Waals surface area contributed by atoms with Gasteiger partial charge >= 0.3 is 0 Å². The molecule has 1 fully saturated rings. The van der Waals surface area contributed by atoms with Gasteiger partial charge in [0.05, 0.1) is 11.8 Å². The molecule has 0 N–H and O–H groups in total. The highest BCUT2D eigenvalue weighted by atomic mass is 32.2. The van der Waals surface area contributed by atoms with Crippen molar-refractivity contribution < 1.29 is 13.2 Å². The second-order valence-corrected chi connectivity index (χ2v) is 9.96. The normalized spacial score (nSPS) is 19.4. The standard InChI is InChI=1S/C22H25NO3S/c1-27(25,26)15-16-6-4-9-18(14-16)22(24)23(19-12-13-19)21-11-5-8-17-7-2-3-10-20(17)21/h2-4,6-7,9-10,14,19,21H,5,8,11-13,15H2,1H3. The lowest BCUT2D eigenvalue weighted by molar-refractivity contribution is 0.0638. The number of carbonyl (C=O) groups is 1. The highest BCUT2D eigenvalue weighted by molar-refractivity contribution is 7.89. The minimum atomic E-state index is -3.13. The zero-order valence-electron chi connectivity index (χ0n) is 15.6. The van der Waals surface area contributed by atoms with Crippen LogP contribution in [0.4, 0.5) is 0 Å². The van der Waals surface area contributed by atoms with E-state index < -0.39 is 9.84 Å². The Bertz CT molecular complexity index is 963. The lowest BCUT2D eigenvalue weighted by Crippen LogP contribution is -2.38. The quantitative estimate of drug-likeness (QED) is 0.786. The van der Waals surface area contributed by atoms with Crippen LogP contribution in [0, 0.1) is 0 Å². The second kappa shape index (κ2) is 7.12. The maximum atomic E-state index is 13.4. The van der Waals surface area contributed by atoms with E-state index in [2.05, 4.69) is 29.2 Å². The van der Waals surface area contributed by atoms with Gasteiger partial charge in [-0.2, -0.15) is 0 Å². The van der Waals surface area contributed by atoms with E-state index >= 15 is 0 Å². The van der Waals surface area contributed by atoms with E-state index in [-0.39, 0.29) is 17.7 Å². The van der Waals surface area contributed by atoms with Gasteiger partial charge in [-0.1, -0.05) is 36.4 Å². The molecule has 1 unspecified atom stereocenters. The number of nitrogens with zero attached hydrogens (tertiary/aromatic N) is 1. The third-order valence-corrected chi connectivity index (χ3v) is 6.31. The summed E-state index contributed by atoms with van der Waals surface area (Å²) in [5.74, 6) is -0.0152. The first-order valence-corrected chi connectivity index (χ1v) is 11.7. The Labute approximate surface area is 161 Å². The lowest BCUT2D eigenvalue weighted by Gasteiger charge is -2.36. The summed E-state index contributed by atoms with van der Waals surface area (Å²) in [6, 6.07) is 16.0. The summed E-state index contributed by atoms with van der Waals surface area (Å²) in [4.78, 5) is 15.5. The Morgan fingerprint density at radius 3 is 2.59 bits per heavy atom. The number of sulfone groups is 1. The predicted octanol–water partition coefficient (Wildman–Crippen LogP) is 3.91. The van der Waals surface area contributed by atoms with Crippen molar-refractivity contribution >= 4 is 15.7 Å². The van der Waals surface area contributed by atoms with Crippen LogP contribution in [0.15, 0.2) is 48.5 Å². The van der Waals surface area contributed by atoms with Gasteiger partial charge in [-0.3, -0.25) is 4.79 Å². The molecule has 2 aromatic rings. The molecule has 0 saturated heterocycles. The molecule has 2 aliphatic rings. The average molecular weight is 384 g/mol. The molecule has 2 aromatic carbocycles. The van der Waals surface area contributed by atoms with Crippen LogP contribution in [0.5, 0.6) is 0 Å². The third-order valence-electron chi connectivity index (χ3n) is 5.45. The summed E-state index contributed by atoms with van der Waals surface area (Å²) in [6.07, 6.45) is 6.47. The van der Waals surface area contributed by atoms with E-state index in [9.17, 15) is 13.2 Å². The summed E-state index contributed by atoms with van der Waals surface area (Å²) < 4.78 is 23.2. The van der Waals surface area contributed by atoms with Crippen molar-refractivity contribution in [3.8, 4) is 0 Å². The molecule has 142 valence electrons. The number of amides is 1. The van der Waals surface area contributed by atoms with E-state index in [0.29, 0.717) is 17.2 Å². The van der Waals surface area contributed by atoms with Gasteiger partial charge in [0.15, 0.2) is 9.84 Å². The van der Waals surface area contributed by atoms with E-state index in [1.54, 1.807) is 24.3 Å². The van der Waals surface area contributed by atoms with Crippen LogP contribution in [0.25, 0.3) is 0 Å². The van der Waals surface area contributed by atoms with Crippen LogP contribution in [-0.4, -0.2) is 31.5 Å². The molecule has 5 heteroatoms. The molecule has 1 amide bonds. The summed E-state index contributed by atoms with van der Waals surface area (Å²) in [7, 11) is -3.13. The molecule has 4 nitrogen and oxygen atoms in total. The maximum absolute atomic E-state index is 13.4. The van der Waals surface area contributed by atoms with Gasteiger partial charge in [-0.25, -0.2) is 8.42 Å². The van der Waals surface area contributed by atoms with Crippen LogP contribution in [0.1, 0.15) is 58.8 Å². The molecule has 0 bridgehead atoms. The molecule has 0 aromatic heterocycles. The summed E-state index contributed by atoms with van der Waals surface area (Å²) in [6.45, 7) is 0. The number of benzene rings is 2. The monoisotopic (exact) mass is 383 g/mol. The smallest absolute Gasteiger partial charge is 0.254 e. The molecule has 27 heavy (non-hydrogen) atoms. The van der Waals surface area contributed by atoms with Crippen LogP contribution in [0.2, 0.25) is 0 Å². The Balaban J connectivity index is 1.66. The first kappa shape index (κ1) is 18.2. The van der Waals surface area contributed by atoms with Gasteiger partial charge in [-0.05, 0) is 60.9 Å². The van der Waals surface area contributed by atoms with Crippen molar-refractivity contribution in [2.45, 2.75) is 49.9 Å². The van der Waals surface area contributed by atoms with Crippen molar-refractivity contribution in [3.63, 3.8) is 0 Å². The molecule has 1 atom stereocenters. The molecule has 2 aliphatic carbocycles. The fourth-order valence-electron chi connectivity index (χ4n) is 4.18. The highest BCUT2D eigenvalue weighted by Gasteiger charge is 2.39. The highest BCUT2D eigenvalue weighted by Crippen LogP contribution is 2.41. The van der Waals surface area contributed by atoms with E-state index in [1.165, 1.54) is 17.4 Å². The van der Waals surface area contributed by atoms with E-state index in [0.717, 1.165) is 32.1 Å². The Morgan fingerprint density at radius 1 is 1.07 bits per heavy atom. The van der Waals surface area contributed by atoms with E-state index in [4.69, 9.17) is 0 Å². The first-order chi connectivity index (χ1) is 12.9. The maximum Gasteiger partial charge on any atom is 0.254 e. The van der Waals surface area contributed by atoms with Crippen LogP contribution in [0.3, 0.4) is 0 Å². The van der Waals surface area contributed by atoms with E-state index in [1.807, 2.05) is 0 Å². The van der Waals surface area contributed by atoms with Crippen LogP contribution in [-0.2, 0) is 22.0 Å². The first-order valence-electron chi connectivity index (χ1n) is 9.59. The average Bonchev–Trinajstić information content (AvgIpc) is 3.46. The van der Waals surface area contributed by atoms with Gasteiger partial charge in [-0.15, -0.1) is 0 Å². The largest absolute Gasteiger partial charge is 0.329 e. The van der Waals surface area contributed by atoms with Crippen molar-refractivity contribution in [2.24, 2.45) is 0 Å². The van der Waals surface area contributed by atoms with Crippen molar-refractivity contribution in [3.05, 3.63) is 70.8 Å². The number of rotatable bonds is 5. The predicted molar refractivity (Wildman–Crippen MR) is 106 cm³/mol. The third kappa shape index (κ3) is 4.08. The van der Waals surface area contributed by atoms with Crippen LogP contribution < -0.4 is 0 Å². The zero-order valence-corrected chi connectivity index (χ0v) is 16.4. The molecule has 0 spiro atoms. The van der Waals surface area contributed by atoms with Gasteiger partial charge in [0.2, 0.25) is 0 Å². The minimum Gasteiger partial charge on any atom is -0.329 e. The minimum absolute atomic E-state index is 0.0227. The topological polar surface area (TPSA) is 54.5 Å². The molecular formula is C22H25NO3S. The SMILES string of the molecule is CS(=O)(=O)Cc1cccc(C(=O)N(C2CC2)C2CCCc3ccccc32)c1. The number of hydrogen-bond acceptors (Lipinski definition) is 3. The Morgan fingerprint density at radius 2 is 1.85 bits per heavy atom.